The zero-order chi connectivity index (χ0) is 11.5. The van der Waals surface area contributed by atoms with Crippen LogP contribution in [0.2, 0.25) is 0 Å². The van der Waals surface area contributed by atoms with Crippen LogP contribution in [0.15, 0.2) is 5.16 Å². The summed E-state index contributed by atoms with van der Waals surface area (Å²) in [6, 6.07) is 0.251. The van der Waals surface area contributed by atoms with Crippen LogP contribution in [-0.2, 0) is 4.74 Å². The van der Waals surface area contributed by atoms with Crippen molar-refractivity contribution >= 4 is 17.7 Å². The van der Waals surface area contributed by atoms with E-state index in [2.05, 4.69) is 15.0 Å². The second-order valence-electron chi connectivity index (χ2n) is 3.48. The van der Waals surface area contributed by atoms with Crippen LogP contribution >= 0.6 is 11.8 Å². The molecule has 16 heavy (non-hydrogen) atoms. The summed E-state index contributed by atoms with van der Waals surface area (Å²) in [5.74, 6) is 0.181. The molecular formula is C9H14N4O2S. The normalized spacial score (nSPS) is 24.6. The number of hydrogen-bond acceptors (Lipinski definition) is 7. The topological polar surface area (TPSA) is 83.2 Å². The highest BCUT2D eigenvalue weighted by Gasteiger charge is 2.26. The van der Waals surface area contributed by atoms with Gasteiger partial charge in [0.1, 0.15) is 0 Å². The fourth-order valence-corrected chi connectivity index (χ4v) is 2.53. The molecule has 2 unspecified atom stereocenters. The van der Waals surface area contributed by atoms with Crippen molar-refractivity contribution in [2.75, 3.05) is 19.5 Å². The van der Waals surface area contributed by atoms with E-state index in [0.29, 0.717) is 10.4 Å². The molecule has 7 heteroatoms. The van der Waals surface area contributed by atoms with Crippen LogP contribution in [0.1, 0.15) is 13.3 Å². The fourth-order valence-electron chi connectivity index (χ4n) is 1.50. The minimum atomic E-state index is 0.181. The predicted octanol–water partition coefficient (Wildman–Crippen LogP) is 0.732. The number of methoxy groups -OCH3 is 1. The van der Waals surface area contributed by atoms with Crippen molar-refractivity contribution in [3.63, 3.8) is 0 Å². The molecule has 1 saturated heterocycles. The van der Waals surface area contributed by atoms with Crippen LogP contribution in [-0.4, -0.2) is 40.0 Å². The van der Waals surface area contributed by atoms with Gasteiger partial charge in [-0.3, -0.25) is 0 Å². The summed E-state index contributed by atoms with van der Waals surface area (Å²) in [5.41, 5.74) is 5.56. The second-order valence-corrected chi connectivity index (χ2v) is 4.69. The third kappa shape index (κ3) is 2.53. The monoisotopic (exact) mass is 242 g/mol. The molecule has 0 aromatic carbocycles. The molecule has 0 spiro atoms. The summed E-state index contributed by atoms with van der Waals surface area (Å²) in [4.78, 5) is 12.0. The van der Waals surface area contributed by atoms with E-state index in [1.165, 1.54) is 7.11 Å². The van der Waals surface area contributed by atoms with E-state index < -0.39 is 0 Å². The lowest BCUT2D eigenvalue weighted by molar-refractivity contribution is 0.127. The van der Waals surface area contributed by atoms with E-state index in [4.69, 9.17) is 15.2 Å². The van der Waals surface area contributed by atoms with Gasteiger partial charge >= 0.3 is 6.01 Å². The Morgan fingerprint density at radius 2 is 2.25 bits per heavy atom. The van der Waals surface area contributed by atoms with Gasteiger partial charge in [-0.15, -0.1) is 0 Å². The largest absolute Gasteiger partial charge is 0.467 e. The maximum atomic E-state index is 5.56. The highest BCUT2D eigenvalue weighted by atomic mass is 32.2. The Kier molecular flexibility index (Phi) is 3.45. The van der Waals surface area contributed by atoms with Crippen LogP contribution in [0.4, 0.5) is 5.95 Å². The van der Waals surface area contributed by atoms with E-state index in [1.807, 2.05) is 6.92 Å². The third-order valence-electron chi connectivity index (χ3n) is 2.36. The van der Waals surface area contributed by atoms with Crippen molar-refractivity contribution in [2.45, 2.75) is 29.9 Å². The van der Waals surface area contributed by atoms with Crippen molar-refractivity contribution in [3.05, 3.63) is 0 Å². The Morgan fingerprint density at radius 3 is 2.88 bits per heavy atom. The maximum absolute atomic E-state index is 5.56. The Hall–Kier alpha value is -1.08. The van der Waals surface area contributed by atoms with E-state index in [1.54, 1.807) is 11.8 Å². The molecule has 1 aliphatic heterocycles. The van der Waals surface area contributed by atoms with E-state index in [0.717, 1.165) is 13.0 Å². The van der Waals surface area contributed by atoms with E-state index in [-0.39, 0.29) is 18.1 Å². The molecule has 0 aliphatic carbocycles. The first-order valence-corrected chi connectivity index (χ1v) is 5.91. The average molecular weight is 242 g/mol. The molecule has 2 rings (SSSR count). The summed E-state index contributed by atoms with van der Waals surface area (Å²) in [7, 11) is 1.50. The summed E-state index contributed by atoms with van der Waals surface area (Å²) < 4.78 is 10.4. The Labute approximate surface area is 98.0 Å². The first kappa shape index (κ1) is 11.4. The number of nitrogen functional groups attached to an aromatic ring is 1. The maximum Gasteiger partial charge on any atom is 0.321 e. The van der Waals surface area contributed by atoms with Crippen molar-refractivity contribution in [2.24, 2.45) is 0 Å². The van der Waals surface area contributed by atoms with Gasteiger partial charge in [0.05, 0.1) is 13.2 Å². The third-order valence-corrected chi connectivity index (χ3v) is 3.67. The Morgan fingerprint density at radius 1 is 1.44 bits per heavy atom. The van der Waals surface area contributed by atoms with Crippen molar-refractivity contribution in [3.8, 4) is 6.01 Å². The summed E-state index contributed by atoms with van der Waals surface area (Å²) in [5, 5.41) is 0.957. The molecule has 0 saturated carbocycles. The molecular weight excluding hydrogens is 228 g/mol. The molecule has 1 aromatic rings. The lowest BCUT2D eigenvalue weighted by atomic mass is 10.3. The van der Waals surface area contributed by atoms with Crippen LogP contribution in [0.5, 0.6) is 6.01 Å². The minimum absolute atomic E-state index is 0.181. The van der Waals surface area contributed by atoms with Gasteiger partial charge in [-0.2, -0.15) is 15.0 Å². The van der Waals surface area contributed by atoms with Gasteiger partial charge in [-0.05, 0) is 13.3 Å². The number of nitrogens with zero attached hydrogens (tertiary/aromatic N) is 3. The van der Waals surface area contributed by atoms with Gasteiger partial charge in [0, 0.05) is 11.9 Å². The predicted molar refractivity (Wildman–Crippen MR) is 60.5 cm³/mol. The van der Waals surface area contributed by atoms with Gasteiger partial charge in [0.2, 0.25) is 5.95 Å². The molecule has 1 aliphatic rings. The zero-order valence-corrected chi connectivity index (χ0v) is 10.0. The molecule has 2 N–H and O–H groups in total. The molecule has 2 atom stereocenters. The summed E-state index contributed by atoms with van der Waals surface area (Å²) >= 11 is 1.56. The first-order chi connectivity index (χ1) is 7.69. The van der Waals surface area contributed by atoms with Crippen LogP contribution < -0.4 is 10.5 Å². The van der Waals surface area contributed by atoms with Crippen molar-refractivity contribution in [1.29, 1.82) is 0 Å². The van der Waals surface area contributed by atoms with Crippen LogP contribution in [0.25, 0.3) is 0 Å². The highest BCUT2D eigenvalue weighted by molar-refractivity contribution is 7.99. The lowest BCUT2D eigenvalue weighted by Gasteiger charge is -2.12. The molecule has 0 amide bonds. The molecule has 88 valence electrons. The smallest absolute Gasteiger partial charge is 0.321 e. The standard InChI is InChI=1S/C9H14N4O2S/c1-5-6(3-4-15-5)16-9-12-7(10)11-8(13-9)14-2/h5-6H,3-4H2,1-2H3,(H2,10,11,12,13). The van der Waals surface area contributed by atoms with Gasteiger partial charge in [0.25, 0.3) is 0 Å². The number of hydrogen-bond donors (Lipinski definition) is 1. The average Bonchev–Trinajstić information content (AvgIpc) is 2.63. The van der Waals surface area contributed by atoms with Crippen molar-refractivity contribution in [1.82, 2.24) is 15.0 Å². The van der Waals surface area contributed by atoms with Gasteiger partial charge in [0.15, 0.2) is 5.16 Å². The van der Waals surface area contributed by atoms with E-state index in [9.17, 15) is 0 Å². The van der Waals surface area contributed by atoms with Gasteiger partial charge in [-0.25, -0.2) is 0 Å². The fraction of sp³-hybridized carbons (Fsp3) is 0.667. The Bertz CT molecular complexity index is 377. The first-order valence-electron chi connectivity index (χ1n) is 5.03. The molecule has 0 bridgehead atoms. The van der Waals surface area contributed by atoms with Crippen molar-refractivity contribution < 1.29 is 9.47 Å². The molecule has 0 radical (unpaired) electrons. The quantitative estimate of drug-likeness (QED) is 0.836. The van der Waals surface area contributed by atoms with Crippen LogP contribution in [0.3, 0.4) is 0 Å². The second kappa shape index (κ2) is 4.84. The molecule has 6 nitrogen and oxygen atoms in total. The Balaban J connectivity index is 2.11. The van der Waals surface area contributed by atoms with Gasteiger partial charge in [-0.1, -0.05) is 11.8 Å². The molecule has 2 heterocycles. The number of rotatable bonds is 3. The number of anilines is 1. The van der Waals surface area contributed by atoms with E-state index >= 15 is 0 Å². The number of nitrogens with two attached hydrogens (primary N) is 1. The number of ether oxygens (including phenoxy) is 2. The minimum Gasteiger partial charge on any atom is -0.467 e. The highest BCUT2D eigenvalue weighted by Crippen LogP contribution is 2.31. The zero-order valence-electron chi connectivity index (χ0n) is 9.21. The summed E-state index contributed by atoms with van der Waals surface area (Å²) in [6.07, 6.45) is 1.22. The van der Waals surface area contributed by atoms with Gasteiger partial charge < -0.3 is 15.2 Å². The SMILES string of the molecule is COc1nc(N)nc(SC2CCOC2C)n1. The van der Waals surface area contributed by atoms with Crippen LogP contribution in [0, 0.1) is 0 Å². The summed E-state index contributed by atoms with van der Waals surface area (Å²) in [6.45, 7) is 2.84. The molecule has 1 aromatic heterocycles. The molecule has 1 fully saturated rings. The number of aromatic nitrogens is 3. The lowest BCUT2D eigenvalue weighted by Crippen LogP contribution is -2.14. The number of thioether (sulfide) groups is 1.